The summed E-state index contributed by atoms with van der Waals surface area (Å²) in [4.78, 5) is 23.9. The highest BCUT2D eigenvalue weighted by Gasteiger charge is 2.29. The molecule has 0 aliphatic carbocycles. The zero-order valence-corrected chi connectivity index (χ0v) is 14.4. The van der Waals surface area contributed by atoms with Crippen molar-refractivity contribution in [1.82, 2.24) is 14.9 Å². The van der Waals surface area contributed by atoms with Crippen molar-refractivity contribution >= 4 is 5.91 Å². The first-order chi connectivity index (χ1) is 12.6. The lowest BCUT2D eigenvalue weighted by Crippen LogP contribution is -2.38. The van der Waals surface area contributed by atoms with Gasteiger partial charge in [-0.1, -0.05) is 6.07 Å². The van der Waals surface area contributed by atoms with Gasteiger partial charge in [0.1, 0.15) is 5.82 Å². The van der Waals surface area contributed by atoms with E-state index in [-0.39, 0.29) is 11.7 Å². The quantitative estimate of drug-likeness (QED) is 0.724. The average molecular weight is 347 g/mol. The number of rotatable bonds is 3. The molecule has 3 heterocycles. The third kappa shape index (κ3) is 3.08. The number of carbonyl (C=O) groups is 1. The first kappa shape index (κ1) is 16.4. The van der Waals surface area contributed by atoms with Gasteiger partial charge in [-0.05, 0) is 61.4 Å². The predicted molar refractivity (Wildman–Crippen MR) is 97.0 cm³/mol. The highest BCUT2D eigenvalue weighted by Crippen LogP contribution is 2.30. The summed E-state index contributed by atoms with van der Waals surface area (Å²) in [7, 11) is 0. The van der Waals surface area contributed by atoms with Crippen molar-refractivity contribution in [1.29, 1.82) is 0 Å². The molecule has 5 heteroatoms. The van der Waals surface area contributed by atoms with Crippen LogP contribution in [0.2, 0.25) is 0 Å². The molecular weight excluding hydrogens is 329 g/mol. The first-order valence-corrected chi connectivity index (χ1v) is 8.57. The Hall–Kier alpha value is -3.08. The van der Waals surface area contributed by atoms with E-state index in [1.165, 1.54) is 12.1 Å². The van der Waals surface area contributed by atoms with Crippen molar-refractivity contribution < 1.29 is 9.18 Å². The fraction of sp³-hybridized carbons (Fsp3) is 0.190. The molecule has 1 amide bonds. The van der Waals surface area contributed by atoms with Crippen LogP contribution in [0.15, 0.2) is 54.7 Å². The number of pyridine rings is 2. The van der Waals surface area contributed by atoms with Crippen LogP contribution < -0.4 is 0 Å². The van der Waals surface area contributed by atoms with E-state index in [4.69, 9.17) is 0 Å². The van der Waals surface area contributed by atoms with Gasteiger partial charge in [-0.15, -0.1) is 0 Å². The molecule has 0 radical (unpaired) electrons. The Kier molecular flexibility index (Phi) is 4.21. The minimum atomic E-state index is -0.307. The molecular formula is C21H18FN3O. The zero-order chi connectivity index (χ0) is 18.1. The number of hydrogen-bond donors (Lipinski definition) is 0. The van der Waals surface area contributed by atoms with Gasteiger partial charge in [-0.3, -0.25) is 14.8 Å². The van der Waals surface area contributed by atoms with E-state index >= 15 is 0 Å². The van der Waals surface area contributed by atoms with E-state index in [0.717, 1.165) is 28.9 Å². The van der Waals surface area contributed by atoms with Crippen LogP contribution in [0.3, 0.4) is 0 Å². The van der Waals surface area contributed by atoms with E-state index in [2.05, 4.69) is 9.97 Å². The second-order valence-corrected chi connectivity index (χ2v) is 6.45. The van der Waals surface area contributed by atoms with Gasteiger partial charge in [-0.25, -0.2) is 4.39 Å². The summed E-state index contributed by atoms with van der Waals surface area (Å²) in [6, 6.07) is 13.8. The van der Waals surface area contributed by atoms with Crippen molar-refractivity contribution in [3.05, 3.63) is 83.1 Å². The minimum Gasteiger partial charge on any atom is -0.332 e. The molecule has 0 saturated heterocycles. The molecule has 0 atom stereocenters. The number of aryl methyl sites for hydroxylation is 1. The molecule has 4 nitrogen and oxygen atoms in total. The van der Waals surface area contributed by atoms with Gasteiger partial charge < -0.3 is 4.90 Å². The van der Waals surface area contributed by atoms with Gasteiger partial charge in [0, 0.05) is 24.0 Å². The maximum Gasteiger partial charge on any atom is 0.256 e. The highest BCUT2D eigenvalue weighted by molar-refractivity contribution is 6.02. The molecule has 1 aliphatic heterocycles. The molecule has 0 N–H and O–H groups in total. The minimum absolute atomic E-state index is 0.0521. The van der Waals surface area contributed by atoms with Crippen LogP contribution in [0.1, 0.15) is 27.3 Å². The largest absolute Gasteiger partial charge is 0.332 e. The number of benzene rings is 1. The van der Waals surface area contributed by atoms with E-state index in [1.54, 1.807) is 23.2 Å². The zero-order valence-electron chi connectivity index (χ0n) is 14.4. The van der Waals surface area contributed by atoms with Gasteiger partial charge in [0.05, 0.1) is 23.5 Å². The second-order valence-electron chi connectivity index (χ2n) is 6.45. The SMILES string of the molecule is Cc1cc2c(c(-c3ccc(F)cc3)n1)C(=O)N(Cc1ccccn1)CC2. The molecule has 0 spiro atoms. The van der Waals surface area contributed by atoms with Crippen LogP contribution in [-0.4, -0.2) is 27.3 Å². The first-order valence-electron chi connectivity index (χ1n) is 8.57. The molecule has 3 aromatic rings. The van der Waals surface area contributed by atoms with E-state index in [0.29, 0.717) is 24.3 Å². The smallest absolute Gasteiger partial charge is 0.256 e. The molecule has 0 fully saturated rings. The summed E-state index contributed by atoms with van der Waals surface area (Å²) in [5, 5.41) is 0. The lowest BCUT2D eigenvalue weighted by Gasteiger charge is -2.29. The van der Waals surface area contributed by atoms with Crippen molar-refractivity contribution in [2.75, 3.05) is 6.54 Å². The van der Waals surface area contributed by atoms with Crippen molar-refractivity contribution in [3.63, 3.8) is 0 Å². The van der Waals surface area contributed by atoms with Gasteiger partial charge >= 0.3 is 0 Å². The predicted octanol–water partition coefficient (Wildman–Crippen LogP) is 3.79. The molecule has 26 heavy (non-hydrogen) atoms. The molecule has 1 aromatic carbocycles. The number of aromatic nitrogens is 2. The van der Waals surface area contributed by atoms with Crippen molar-refractivity contribution in [2.45, 2.75) is 19.9 Å². The fourth-order valence-corrected chi connectivity index (χ4v) is 3.35. The van der Waals surface area contributed by atoms with Gasteiger partial charge in [0.2, 0.25) is 0 Å². The Balaban J connectivity index is 1.75. The number of hydrogen-bond acceptors (Lipinski definition) is 3. The Labute approximate surface area is 151 Å². The molecule has 130 valence electrons. The van der Waals surface area contributed by atoms with E-state index < -0.39 is 0 Å². The lowest BCUT2D eigenvalue weighted by atomic mass is 9.93. The average Bonchev–Trinajstić information content (AvgIpc) is 2.65. The van der Waals surface area contributed by atoms with Crippen LogP contribution in [0.25, 0.3) is 11.3 Å². The summed E-state index contributed by atoms with van der Waals surface area (Å²) in [6.07, 6.45) is 2.50. The van der Waals surface area contributed by atoms with Gasteiger partial charge in [0.25, 0.3) is 5.91 Å². The summed E-state index contributed by atoms with van der Waals surface area (Å²) in [6.45, 7) is 3.03. The number of nitrogens with zero attached hydrogens (tertiary/aromatic N) is 3. The van der Waals surface area contributed by atoms with E-state index in [1.807, 2.05) is 31.2 Å². The molecule has 0 saturated carbocycles. The molecule has 0 bridgehead atoms. The maximum absolute atomic E-state index is 13.3. The van der Waals surface area contributed by atoms with Crippen LogP contribution >= 0.6 is 0 Å². The van der Waals surface area contributed by atoms with Crippen LogP contribution in [0, 0.1) is 12.7 Å². The van der Waals surface area contributed by atoms with Crippen LogP contribution in [0.4, 0.5) is 4.39 Å². The van der Waals surface area contributed by atoms with Gasteiger partial charge in [-0.2, -0.15) is 0 Å². The summed E-state index contributed by atoms with van der Waals surface area (Å²) in [5.41, 5.74) is 4.69. The summed E-state index contributed by atoms with van der Waals surface area (Å²) < 4.78 is 13.3. The third-order valence-corrected chi connectivity index (χ3v) is 4.58. The Morgan fingerprint density at radius 1 is 1.15 bits per heavy atom. The lowest BCUT2D eigenvalue weighted by molar-refractivity contribution is 0.0725. The normalized spacial score (nSPS) is 13.6. The number of fused-ring (bicyclic) bond motifs is 1. The highest BCUT2D eigenvalue weighted by atomic mass is 19.1. The van der Waals surface area contributed by atoms with Crippen LogP contribution in [0.5, 0.6) is 0 Å². The van der Waals surface area contributed by atoms with E-state index in [9.17, 15) is 9.18 Å². The summed E-state index contributed by atoms with van der Waals surface area (Å²) >= 11 is 0. The Morgan fingerprint density at radius 2 is 1.96 bits per heavy atom. The second kappa shape index (κ2) is 6.67. The van der Waals surface area contributed by atoms with Gasteiger partial charge in [0.15, 0.2) is 0 Å². The number of halogens is 1. The topological polar surface area (TPSA) is 46.1 Å². The van der Waals surface area contributed by atoms with Crippen molar-refractivity contribution in [2.24, 2.45) is 0 Å². The Morgan fingerprint density at radius 3 is 2.69 bits per heavy atom. The Bertz CT molecular complexity index is 955. The summed E-state index contributed by atoms with van der Waals surface area (Å²) in [5.74, 6) is -0.359. The standard InChI is InChI=1S/C21H18FN3O/c1-14-12-16-9-11-25(13-18-4-2-3-10-23-18)21(26)19(16)20(24-14)15-5-7-17(22)8-6-15/h2-8,10,12H,9,11,13H2,1H3. The molecule has 1 aliphatic rings. The monoisotopic (exact) mass is 347 g/mol. The van der Waals surface area contributed by atoms with Crippen LogP contribution in [-0.2, 0) is 13.0 Å². The molecule has 4 rings (SSSR count). The number of amides is 1. The third-order valence-electron chi connectivity index (χ3n) is 4.58. The van der Waals surface area contributed by atoms with Crippen molar-refractivity contribution in [3.8, 4) is 11.3 Å². The maximum atomic E-state index is 13.3. The fourth-order valence-electron chi connectivity index (χ4n) is 3.35. The number of carbonyl (C=O) groups excluding carboxylic acids is 1. The molecule has 2 aromatic heterocycles. The molecule has 0 unspecified atom stereocenters.